The van der Waals surface area contributed by atoms with Crippen molar-refractivity contribution in [3.8, 4) is 0 Å². The number of hydrogen-bond acceptors (Lipinski definition) is 3. The zero-order valence-electron chi connectivity index (χ0n) is 16.7. The molecule has 0 N–H and O–H groups in total. The van der Waals surface area contributed by atoms with E-state index >= 15 is 0 Å². The van der Waals surface area contributed by atoms with E-state index in [1.807, 2.05) is 0 Å². The standard InChI is InChI=1S/C22H34N2O2/c1-4-26-17-20-11-12-22(23(20)3)13-15-24(16-14-22)21(25)10-9-19-8-6-5-7-18(19)2/h5-8,20H,4,9-17H2,1-3H3/t20-/m0/s1. The monoisotopic (exact) mass is 358 g/mol. The Bertz CT molecular complexity index is 608. The van der Waals surface area contributed by atoms with Crippen LogP contribution >= 0.6 is 0 Å². The van der Waals surface area contributed by atoms with E-state index in [4.69, 9.17) is 4.74 Å². The van der Waals surface area contributed by atoms with Crippen molar-refractivity contribution in [3.63, 3.8) is 0 Å². The smallest absolute Gasteiger partial charge is 0.222 e. The second-order valence-electron chi connectivity index (χ2n) is 7.99. The van der Waals surface area contributed by atoms with E-state index in [1.54, 1.807) is 0 Å². The molecular formula is C22H34N2O2. The maximum Gasteiger partial charge on any atom is 0.222 e. The summed E-state index contributed by atoms with van der Waals surface area (Å²) in [5.41, 5.74) is 2.86. The topological polar surface area (TPSA) is 32.8 Å². The third-order valence-electron chi connectivity index (χ3n) is 6.67. The summed E-state index contributed by atoms with van der Waals surface area (Å²) in [7, 11) is 2.26. The average Bonchev–Trinajstić information content (AvgIpc) is 2.95. The van der Waals surface area contributed by atoms with Crippen molar-refractivity contribution in [1.29, 1.82) is 0 Å². The van der Waals surface area contributed by atoms with Gasteiger partial charge in [-0.15, -0.1) is 0 Å². The SMILES string of the molecule is CCOC[C@@H]1CCC2(CCN(C(=O)CCc3ccccc3C)CC2)N1C. The lowest BCUT2D eigenvalue weighted by atomic mass is 9.85. The fraction of sp³-hybridized carbons (Fsp3) is 0.682. The number of nitrogens with zero attached hydrogens (tertiary/aromatic N) is 2. The van der Waals surface area contributed by atoms with Gasteiger partial charge >= 0.3 is 0 Å². The summed E-state index contributed by atoms with van der Waals surface area (Å²) in [6.07, 6.45) is 6.14. The van der Waals surface area contributed by atoms with Crippen molar-refractivity contribution in [1.82, 2.24) is 9.80 Å². The van der Waals surface area contributed by atoms with Crippen LogP contribution in [0.4, 0.5) is 0 Å². The molecule has 26 heavy (non-hydrogen) atoms. The van der Waals surface area contributed by atoms with E-state index < -0.39 is 0 Å². The predicted molar refractivity (Wildman–Crippen MR) is 105 cm³/mol. The van der Waals surface area contributed by atoms with E-state index in [-0.39, 0.29) is 5.54 Å². The molecule has 0 radical (unpaired) electrons. The summed E-state index contributed by atoms with van der Waals surface area (Å²) in [6.45, 7) is 7.62. The minimum atomic E-state index is 0.286. The van der Waals surface area contributed by atoms with Crippen molar-refractivity contribution in [2.24, 2.45) is 0 Å². The van der Waals surface area contributed by atoms with Crippen LogP contribution in [0.1, 0.15) is 50.2 Å². The van der Waals surface area contributed by atoms with E-state index in [9.17, 15) is 4.79 Å². The van der Waals surface area contributed by atoms with Crippen LogP contribution in [0.3, 0.4) is 0 Å². The fourth-order valence-corrected chi connectivity index (χ4v) is 4.71. The number of likely N-dealkylation sites (tertiary alicyclic amines) is 2. The molecule has 4 heteroatoms. The minimum absolute atomic E-state index is 0.286. The van der Waals surface area contributed by atoms with Gasteiger partial charge in [-0.1, -0.05) is 24.3 Å². The van der Waals surface area contributed by atoms with Gasteiger partial charge in [0.25, 0.3) is 0 Å². The van der Waals surface area contributed by atoms with Gasteiger partial charge in [-0.3, -0.25) is 9.69 Å². The number of benzene rings is 1. The summed E-state index contributed by atoms with van der Waals surface area (Å²) in [5, 5.41) is 0. The molecule has 1 aromatic carbocycles. The van der Waals surface area contributed by atoms with Crippen LogP contribution in [0.15, 0.2) is 24.3 Å². The molecule has 3 rings (SSSR count). The van der Waals surface area contributed by atoms with Crippen LogP contribution in [0.5, 0.6) is 0 Å². The second kappa shape index (κ2) is 8.53. The second-order valence-corrected chi connectivity index (χ2v) is 7.99. The van der Waals surface area contributed by atoms with Gasteiger partial charge in [-0.2, -0.15) is 0 Å². The van der Waals surface area contributed by atoms with E-state index in [0.29, 0.717) is 18.4 Å². The minimum Gasteiger partial charge on any atom is -0.380 e. The van der Waals surface area contributed by atoms with Crippen molar-refractivity contribution in [2.45, 2.75) is 64.0 Å². The first-order valence-corrected chi connectivity index (χ1v) is 10.2. The molecule has 1 atom stereocenters. The first-order valence-electron chi connectivity index (χ1n) is 10.2. The van der Waals surface area contributed by atoms with Crippen molar-refractivity contribution in [2.75, 3.05) is 33.4 Å². The number of carbonyl (C=O) groups excluding carboxylic acids is 1. The van der Waals surface area contributed by atoms with E-state index in [0.717, 1.165) is 45.6 Å². The summed E-state index contributed by atoms with van der Waals surface area (Å²) in [4.78, 5) is 17.3. The van der Waals surface area contributed by atoms with Crippen molar-refractivity contribution < 1.29 is 9.53 Å². The van der Waals surface area contributed by atoms with Crippen LogP contribution in [-0.4, -0.2) is 60.6 Å². The molecule has 1 aromatic rings. The lowest BCUT2D eigenvalue weighted by molar-refractivity contribution is -0.133. The first-order chi connectivity index (χ1) is 12.6. The molecule has 0 saturated carbocycles. The van der Waals surface area contributed by atoms with Gasteiger partial charge in [0.1, 0.15) is 0 Å². The summed E-state index contributed by atoms with van der Waals surface area (Å²) in [6, 6.07) is 8.92. The Morgan fingerprint density at radius 2 is 1.96 bits per heavy atom. The molecule has 2 heterocycles. The molecule has 0 aliphatic carbocycles. The van der Waals surface area contributed by atoms with Crippen LogP contribution in [0, 0.1) is 6.92 Å². The third kappa shape index (κ3) is 4.12. The van der Waals surface area contributed by atoms with Gasteiger partial charge in [-0.25, -0.2) is 0 Å². The maximum absolute atomic E-state index is 12.7. The Morgan fingerprint density at radius 3 is 2.65 bits per heavy atom. The Hall–Kier alpha value is -1.39. The Labute approximate surface area is 158 Å². The van der Waals surface area contributed by atoms with Crippen LogP contribution < -0.4 is 0 Å². The van der Waals surface area contributed by atoms with Gasteiger partial charge in [-0.05, 0) is 64.1 Å². The quantitative estimate of drug-likeness (QED) is 0.781. The number of piperidine rings is 1. The predicted octanol–water partition coefficient (Wildman–Crippen LogP) is 3.42. The summed E-state index contributed by atoms with van der Waals surface area (Å²) in [5.74, 6) is 0.314. The lowest BCUT2D eigenvalue weighted by Gasteiger charge is -2.45. The summed E-state index contributed by atoms with van der Waals surface area (Å²) < 4.78 is 5.66. The molecule has 2 saturated heterocycles. The van der Waals surface area contributed by atoms with Gasteiger partial charge in [0.2, 0.25) is 5.91 Å². The zero-order valence-corrected chi connectivity index (χ0v) is 16.7. The number of hydrogen-bond donors (Lipinski definition) is 0. The largest absolute Gasteiger partial charge is 0.380 e. The lowest BCUT2D eigenvalue weighted by Crippen LogP contribution is -2.54. The van der Waals surface area contributed by atoms with Gasteiger partial charge < -0.3 is 9.64 Å². The average molecular weight is 359 g/mol. The van der Waals surface area contributed by atoms with Gasteiger partial charge in [0.15, 0.2) is 0 Å². The van der Waals surface area contributed by atoms with Crippen LogP contribution in [0.25, 0.3) is 0 Å². The van der Waals surface area contributed by atoms with E-state index in [1.165, 1.54) is 24.0 Å². The Morgan fingerprint density at radius 1 is 1.23 bits per heavy atom. The normalized spacial score (nSPS) is 22.9. The molecule has 2 fully saturated rings. The number of amides is 1. The van der Waals surface area contributed by atoms with Gasteiger partial charge in [0.05, 0.1) is 6.61 Å². The maximum atomic E-state index is 12.7. The van der Waals surface area contributed by atoms with Crippen LogP contribution in [-0.2, 0) is 16.0 Å². The van der Waals surface area contributed by atoms with Crippen LogP contribution in [0.2, 0.25) is 0 Å². The fourth-order valence-electron chi connectivity index (χ4n) is 4.71. The molecule has 0 aromatic heterocycles. The number of aryl methyl sites for hydroxylation is 2. The molecule has 1 amide bonds. The number of ether oxygens (including phenoxy) is 1. The summed E-state index contributed by atoms with van der Waals surface area (Å²) >= 11 is 0. The van der Waals surface area contributed by atoms with E-state index in [2.05, 4.69) is 55.0 Å². The molecular weight excluding hydrogens is 324 g/mol. The highest BCUT2D eigenvalue weighted by molar-refractivity contribution is 5.76. The Balaban J connectivity index is 1.49. The number of likely N-dealkylation sites (N-methyl/N-ethyl adjacent to an activating group) is 1. The molecule has 0 unspecified atom stereocenters. The van der Waals surface area contributed by atoms with Crippen molar-refractivity contribution in [3.05, 3.63) is 35.4 Å². The Kier molecular flexibility index (Phi) is 6.36. The molecule has 4 nitrogen and oxygen atoms in total. The highest BCUT2D eigenvalue weighted by Crippen LogP contribution is 2.40. The third-order valence-corrected chi connectivity index (χ3v) is 6.67. The number of rotatable bonds is 6. The van der Waals surface area contributed by atoms with Gasteiger partial charge in [0, 0.05) is 37.7 Å². The highest BCUT2D eigenvalue weighted by Gasteiger charge is 2.46. The molecule has 0 bridgehead atoms. The molecule has 144 valence electrons. The molecule has 2 aliphatic rings. The van der Waals surface area contributed by atoms with Crippen molar-refractivity contribution >= 4 is 5.91 Å². The molecule has 1 spiro atoms. The zero-order chi connectivity index (χ0) is 18.6. The highest BCUT2D eigenvalue weighted by atomic mass is 16.5. The number of carbonyl (C=O) groups is 1. The first kappa shape index (κ1) is 19.4. The molecule has 2 aliphatic heterocycles.